The number of nitrogens with zero attached hydrogens (tertiary/aromatic N) is 1. The van der Waals surface area contributed by atoms with E-state index < -0.39 is 5.25 Å². The van der Waals surface area contributed by atoms with Crippen molar-refractivity contribution in [2.24, 2.45) is 0 Å². The van der Waals surface area contributed by atoms with Gasteiger partial charge in [0.15, 0.2) is 0 Å². The van der Waals surface area contributed by atoms with Crippen molar-refractivity contribution in [1.82, 2.24) is 5.06 Å². The van der Waals surface area contributed by atoms with E-state index in [9.17, 15) is 9.59 Å². The second kappa shape index (κ2) is 7.79. The molecule has 0 N–H and O–H groups in total. The van der Waals surface area contributed by atoms with Gasteiger partial charge in [-0.25, -0.2) is 0 Å². The van der Waals surface area contributed by atoms with Gasteiger partial charge in [0.2, 0.25) is 0 Å². The van der Waals surface area contributed by atoms with Crippen LogP contribution in [0.2, 0.25) is 0 Å². The SMILES string of the molecule is CCC.O=C1CC(S)C(=O)N1OC1CCCCC1. The van der Waals surface area contributed by atoms with Crippen LogP contribution in [0.15, 0.2) is 0 Å². The first kappa shape index (κ1) is 15.5. The maximum atomic E-state index is 11.5. The molecule has 2 rings (SSSR count). The van der Waals surface area contributed by atoms with Gasteiger partial charge in [-0.15, -0.1) is 0 Å². The highest BCUT2D eigenvalue weighted by Gasteiger charge is 2.39. The van der Waals surface area contributed by atoms with Crippen molar-refractivity contribution in [3.63, 3.8) is 0 Å². The zero-order valence-corrected chi connectivity index (χ0v) is 12.1. The fourth-order valence-electron chi connectivity index (χ4n) is 2.02. The third-order valence-corrected chi connectivity index (χ3v) is 3.29. The second-order valence-electron chi connectivity index (χ2n) is 4.82. The second-order valence-corrected chi connectivity index (χ2v) is 5.44. The van der Waals surface area contributed by atoms with Crippen LogP contribution in [0.25, 0.3) is 0 Å². The van der Waals surface area contributed by atoms with Crippen molar-refractivity contribution >= 4 is 24.4 Å². The zero-order chi connectivity index (χ0) is 13.5. The average Bonchev–Trinajstić information content (AvgIpc) is 2.58. The predicted molar refractivity (Wildman–Crippen MR) is 73.2 cm³/mol. The molecule has 4 nitrogen and oxygen atoms in total. The number of rotatable bonds is 2. The van der Waals surface area contributed by atoms with Gasteiger partial charge in [0.1, 0.15) is 0 Å². The molecule has 1 unspecified atom stereocenters. The maximum absolute atomic E-state index is 11.5. The van der Waals surface area contributed by atoms with E-state index in [4.69, 9.17) is 4.84 Å². The molecule has 2 amide bonds. The van der Waals surface area contributed by atoms with Crippen LogP contribution in [-0.4, -0.2) is 28.2 Å². The number of hydrogen-bond donors (Lipinski definition) is 1. The monoisotopic (exact) mass is 273 g/mol. The van der Waals surface area contributed by atoms with Gasteiger partial charge in [-0.2, -0.15) is 17.7 Å². The van der Waals surface area contributed by atoms with Gasteiger partial charge in [-0.05, 0) is 12.8 Å². The fraction of sp³-hybridized carbons (Fsp3) is 0.846. The number of carbonyl (C=O) groups is 2. The first-order valence-electron chi connectivity index (χ1n) is 6.81. The highest BCUT2D eigenvalue weighted by atomic mass is 32.1. The minimum Gasteiger partial charge on any atom is -0.272 e. The number of hydroxylamine groups is 2. The summed E-state index contributed by atoms with van der Waals surface area (Å²) in [4.78, 5) is 28.3. The average molecular weight is 273 g/mol. The summed E-state index contributed by atoms with van der Waals surface area (Å²) >= 11 is 4.03. The molecule has 5 heteroatoms. The first-order valence-corrected chi connectivity index (χ1v) is 7.33. The highest BCUT2D eigenvalue weighted by molar-refractivity contribution is 7.81. The zero-order valence-electron chi connectivity index (χ0n) is 11.2. The van der Waals surface area contributed by atoms with Crippen molar-refractivity contribution in [2.75, 3.05) is 0 Å². The van der Waals surface area contributed by atoms with Gasteiger partial charge in [0, 0.05) is 0 Å². The van der Waals surface area contributed by atoms with Gasteiger partial charge in [0.05, 0.1) is 17.8 Å². The van der Waals surface area contributed by atoms with Gasteiger partial charge < -0.3 is 0 Å². The van der Waals surface area contributed by atoms with Crippen molar-refractivity contribution < 1.29 is 14.4 Å². The van der Waals surface area contributed by atoms with E-state index in [1.165, 1.54) is 12.8 Å². The number of amides is 2. The summed E-state index contributed by atoms with van der Waals surface area (Å²) in [6.45, 7) is 4.25. The first-order chi connectivity index (χ1) is 8.60. The fourth-order valence-corrected chi connectivity index (χ4v) is 2.29. The van der Waals surface area contributed by atoms with E-state index in [-0.39, 0.29) is 24.3 Å². The third kappa shape index (κ3) is 4.28. The molecule has 1 saturated heterocycles. The van der Waals surface area contributed by atoms with Crippen LogP contribution in [0, 0.1) is 0 Å². The van der Waals surface area contributed by atoms with Crippen LogP contribution >= 0.6 is 12.6 Å². The molecule has 104 valence electrons. The van der Waals surface area contributed by atoms with Crippen LogP contribution in [0.4, 0.5) is 0 Å². The summed E-state index contributed by atoms with van der Waals surface area (Å²) in [7, 11) is 0. The largest absolute Gasteiger partial charge is 0.272 e. The minimum atomic E-state index is -0.513. The molecule has 1 aliphatic carbocycles. The Morgan fingerprint density at radius 3 is 2.22 bits per heavy atom. The van der Waals surface area contributed by atoms with Gasteiger partial charge in [-0.3, -0.25) is 14.4 Å². The Kier molecular flexibility index (Phi) is 6.71. The van der Waals surface area contributed by atoms with Gasteiger partial charge in [-0.1, -0.05) is 39.5 Å². The molecule has 0 radical (unpaired) electrons. The van der Waals surface area contributed by atoms with Crippen LogP contribution in [-0.2, 0) is 14.4 Å². The molecular weight excluding hydrogens is 250 g/mol. The summed E-state index contributed by atoms with van der Waals surface area (Å²) in [5.74, 6) is -0.570. The molecule has 0 aromatic carbocycles. The quantitative estimate of drug-likeness (QED) is 0.621. The molecule has 1 aliphatic heterocycles. The van der Waals surface area contributed by atoms with Gasteiger partial charge in [0.25, 0.3) is 11.8 Å². The van der Waals surface area contributed by atoms with Crippen LogP contribution in [0.1, 0.15) is 58.8 Å². The molecule has 18 heavy (non-hydrogen) atoms. The lowest BCUT2D eigenvalue weighted by Crippen LogP contribution is -2.36. The standard InChI is InChI=1S/C10H15NO3S.C3H8/c12-9-6-8(15)10(13)11(9)14-7-4-2-1-3-5-7;1-3-2/h7-8,15H,1-6H2;3H2,1-2H3. The Hall–Kier alpha value is -0.550. The number of thiol groups is 1. The maximum Gasteiger partial charge on any atom is 0.266 e. The molecule has 0 spiro atoms. The molecule has 0 aromatic rings. The lowest BCUT2D eigenvalue weighted by atomic mass is 9.98. The summed E-state index contributed by atoms with van der Waals surface area (Å²) in [5, 5.41) is 0.411. The Bertz CT molecular complexity index is 290. The number of hydrogen-bond acceptors (Lipinski definition) is 4. The Morgan fingerprint density at radius 1 is 1.22 bits per heavy atom. The highest BCUT2D eigenvalue weighted by Crippen LogP contribution is 2.25. The minimum absolute atomic E-state index is 0.0327. The lowest BCUT2D eigenvalue weighted by Gasteiger charge is -2.25. The molecule has 0 bridgehead atoms. The lowest BCUT2D eigenvalue weighted by molar-refractivity contribution is -0.205. The summed E-state index contributed by atoms with van der Waals surface area (Å²) < 4.78 is 0. The van der Waals surface area contributed by atoms with Gasteiger partial charge >= 0.3 is 0 Å². The number of carbonyl (C=O) groups excluding carboxylic acids is 2. The Morgan fingerprint density at radius 2 is 1.78 bits per heavy atom. The van der Waals surface area contributed by atoms with E-state index in [1.807, 2.05) is 0 Å². The van der Waals surface area contributed by atoms with Crippen molar-refractivity contribution in [3.05, 3.63) is 0 Å². The third-order valence-electron chi connectivity index (χ3n) is 2.89. The van der Waals surface area contributed by atoms with Crippen molar-refractivity contribution in [2.45, 2.75) is 70.1 Å². The van der Waals surface area contributed by atoms with Crippen LogP contribution in [0.5, 0.6) is 0 Å². The van der Waals surface area contributed by atoms with E-state index in [2.05, 4.69) is 26.5 Å². The molecule has 1 atom stereocenters. The van der Waals surface area contributed by atoms with E-state index in [0.717, 1.165) is 30.7 Å². The normalized spacial score (nSPS) is 25.1. The van der Waals surface area contributed by atoms with Crippen LogP contribution in [0.3, 0.4) is 0 Å². The molecule has 2 fully saturated rings. The molecular formula is C13H23NO3S. The Labute approximate surface area is 114 Å². The summed E-state index contributed by atoms with van der Waals surface area (Å²) in [6, 6.07) is 0. The van der Waals surface area contributed by atoms with Crippen molar-refractivity contribution in [3.8, 4) is 0 Å². The van der Waals surface area contributed by atoms with E-state index in [0.29, 0.717) is 0 Å². The smallest absolute Gasteiger partial charge is 0.266 e. The van der Waals surface area contributed by atoms with Crippen LogP contribution < -0.4 is 0 Å². The molecule has 1 saturated carbocycles. The molecule has 0 aromatic heterocycles. The molecule has 2 aliphatic rings. The summed E-state index contributed by atoms with van der Waals surface area (Å²) in [6.07, 6.45) is 6.77. The predicted octanol–water partition coefficient (Wildman–Crippen LogP) is 2.72. The number of imide groups is 1. The Balaban J connectivity index is 0.000000492. The topological polar surface area (TPSA) is 46.6 Å². The van der Waals surface area contributed by atoms with Crippen molar-refractivity contribution in [1.29, 1.82) is 0 Å². The molecule has 1 heterocycles. The van der Waals surface area contributed by atoms with E-state index in [1.54, 1.807) is 0 Å². The summed E-state index contributed by atoms with van der Waals surface area (Å²) in [5.41, 5.74) is 0. The van der Waals surface area contributed by atoms with E-state index >= 15 is 0 Å².